The molecule has 0 heterocycles. The van der Waals surface area contributed by atoms with Gasteiger partial charge in [-0.3, -0.25) is 13.8 Å². The molecule has 318 valence electrons. The lowest BCUT2D eigenvalue weighted by atomic mass is 10.0. The van der Waals surface area contributed by atoms with Crippen molar-refractivity contribution in [2.24, 2.45) is 0 Å². The summed E-state index contributed by atoms with van der Waals surface area (Å²) in [5.74, 6) is -0.311. The van der Waals surface area contributed by atoms with Crippen LogP contribution >= 0.6 is 7.82 Å². The second kappa shape index (κ2) is 38.4. The molecule has 0 aliphatic rings. The van der Waals surface area contributed by atoms with Gasteiger partial charge in [-0.1, -0.05) is 200 Å². The zero-order valence-electron chi connectivity index (χ0n) is 36.0. The Morgan fingerprint density at radius 2 is 0.868 bits per heavy atom. The van der Waals surface area contributed by atoms with Crippen molar-refractivity contribution in [3.05, 3.63) is 0 Å². The summed E-state index contributed by atoms with van der Waals surface area (Å²) in [5, 5.41) is 0. The molecule has 8 nitrogen and oxygen atoms in total. The van der Waals surface area contributed by atoms with Crippen LogP contribution in [0.4, 0.5) is 0 Å². The molecule has 0 fully saturated rings. The molecule has 0 radical (unpaired) electrons. The van der Waals surface area contributed by atoms with Crippen LogP contribution in [-0.4, -0.2) is 75.6 Å². The Bertz CT molecular complexity index is 822. The molecule has 0 aliphatic heterocycles. The molecule has 2 atom stereocenters. The summed E-state index contributed by atoms with van der Waals surface area (Å²) < 4.78 is 35.0. The average Bonchev–Trinajstić information content (AvgIpc) is 3.11. The highest BCUT2D eigenvalue weighted by atomic mass is 31.2. The van der Waals surface area contributed by atoms with Crippen molar-refractivity contribution in [2.45, 2.75) is 225 Å². The van der Waals surface area contributed by atoms with Crippen molar-refractivity contribution >= 4 is 13.8 Å². The molecule has 0 aromatic rings. The van der Waals surface area contributed by atoms with Crippen molar-refractivity contribution in [1.29, 1.82) is 0 Å². The number of esters is 1. The summed E-state index contributed by atoms with van der Waals surface area (Å²) in [7, 11) is 1.68. The highest BCUT2D eigenvalue weighted by Crippen LogP contribution is 2.43. The molecule has 0 aromatic heterocycles. The van der Waals surface area contributed by atoms with Gasteiger partial charge in [-0.25, -0.2) is 4.57 Å². The van der Waals surface area contributed by atoms with Gasteiger partial charge in [0.25, 0.3) is 0 Å². The minimum absolute atomic E-state index is 0.0937. The molecule has 0 spiro atoms. The Morgan fingerprint density at radius 1 is 0.509 bits per heavy atom. The average molecular weight is 777 g/mol. The first-order valence-corrected chi connectivity index (χ1v) is 24.3. The van der Waals surface area contributed by atoms with Crippen molar-refractivity contribution in [2.75, 3.05) is 54.1 Å². The summed E-state index contributed by atoms with van der Waals surface area (Å²) in [6.07, 6.45) is 40.0. The largest absolute Gasteiger partial charge is 0.472 e. The van der Waals surface area contributed by atoms with E-state index in [4.69, 9.17) is 18.5 Å². The number of nitrogens with zero attached hydrogens (tertiary/aromatic N) is 1. The molecule has 0 aromatic carbocycles. The molecule has 0 rings (SSSR count). The summed E-state index contributed by atoms with van der Waals surface area (Å²) in [6, 6.07) is 0. The molecular formula is C44H91NO7P+. The molecule has 0 saturated heterocycles. The molecule has 1 N–H and O–H groups in total. The van der Waals surface area contributed by atoms with Gasteiger partial charge in [0.2, 0.25) is 0 Å². The maximum Gasteiger partial charge on any atom is 0.472 e. The SMILES string of the molecule is CCCCCCCCCCCCCCCCCCCCCCCOCC(COP(=O)(O)OCC[N+](C)(C)C)OC(=O)CCCCCCCCCCCC. The van der Waals surface area contributed by atoms with Crippen LogP contribution in [0.25, 0.3) is 0 Å². The third-order valence-electron chi connectivity index (χ3n) is 10.2. The normalized spacial score (nSPS) is 13.7. The van der Waals surface area contributed by atoms with Crippen molar-refractivity contribution < 1.29 is 37.3 Å². The minimum atomic E-state index is -4.26. The number of ether oxygens (including phenoxy) is 2. The molecule has 0 aliphatic carbocycles. The van der Waals surface area contributed by atoms with E-state index in [0.29, 0.717) is 24.1 Å². The van der Waals surface area contributed by atoms with Crippen LogP contribution in [-0.2, 0) is 27.9 Å². The predicted octanol–water partition coefficient (Wildman–Crippen LogP) is 13.3. The van der Waals surface area contributed by atoms with E-state index in [9.17, 15) is 14.3 Å². The van der Waals surface area contributed by atoms with E-state index < -0.39 is 13.9 Å². The molecular weight excluding hydrogens is 685 g/mol. The van der Waals surface area contributed by atoms with E-state index in [1.807, 2.05) is 21.1 Å². The fourth-order valence-electron chi connectivity index (χ4n) is 6.61. The van der Waals surface area contributed by atoms with E-state index in [2.05, 4.69) is 13.8 Å². The fourth-order valence-corrected chi connectivity index (χ4v) is 7.35. The van der Waals surface area contributed by atoms with Crippen LogP contribution in [0, 0.1) is 0 Å². The summed E-state index contributed by atoms with van der Waals surface area (Å²) in [5.41, 5.74) is 0. The Morgan fingerprint density at radius 3 is 1.25 bits per heavy atom. The van der Waals surface area contributed by atoms with Crippen molar-refractivity contribution in [3.63, 3.8) is 0 Å². The number of likely N-dealkylation sites (N-methyl/N-ethyl adjacent to an activating group) is 1. The molecule has 53 heavy (non-hydrogen) atoms. The molecule has 0 bridgehead atoms. The van der Waals surface area contributed by atoms with Gasteiger partial charge >= 0.3 is 13.8 Å². The monoisotopic (exact) mass is 777 g/mol. The van der Waals surface area contributed by atoms with E-state index in [1.165, 1.54) is 167 Å². The number of hydrogen-bond donors (Lipinski definition) is 1. The van der Waals surface area contributed by atoms with Gasteiger partial charge in [-0.05, 0) is 12.8 Å². The molecule has 0 amide bonds. The minimum Gasteiger partial charge on any atom is -0.457 e. The van der Waals surface area contributed by atoms with Gasteiger partial charge in [0.15, 0.2) is 0 Å². The van der Waals surface area contributed by atoms with Crippen molar-refractivity contribution in [3.8, 4) is 0 Å². The van der Waals surface area contributed by atoms with Crippen LogP contribution in [0.2, 0.25) is 0 Å². The molecule has 0 saturated carbocycles. The summed E-state index contributed by atoms with van der Waals surface area (Å²) in [6.45, 7) is 5.66. The van der Waals surface area contributed by atoms with E-state index in [-0.39, 0.29) is 25.8 Å². The highest BCUT2D eigenvalue weighted by Gasteiger charge is 2.26. The van der Waals surface area contributed by atoms with Crippen LogP contribution in [0.5, 0.6) is 0 Å². The second-order valence-electron chi connectivity index (χ2n) is 16.8. The van der Waals surface area contributed by atoms with Gasteiger partial charge < -0.3 is 18.9 Å². The highest BCUT2D eigenvalue weighted by molar-refractivity contribution is 7.47. The summed E-state index contributed by atoms with van der Waals surface area (Å²) >= 11 is 0. The lowest BCUT2D eigenvalue weighted by Gasteiger charge is -2.24. The number of carbonyl (C=O) groups is 1. The zero-order valence-corrected chi connectivity index (χ0v) is 36.9. The maximum absolute atomic E-state index is 12.6. The van der Waals surface area contributed by atoms with Crippen LogP contribution in [0.1, 0.15) is 219 Å². The lowest BCUT2D eigenvalue weighted by molar-refractivity contribution is -0.870. The predicted molar refractivity (Wildman–Crippen MR) is 224 cm³/mol. The lowest BCUT2D eigenvalue weighted by Crippen LogP contribution is -2.37. The first-order chi connectivity index (χ1) is 25.6. The fraction of sp³-hybridized carbons (Fsp3) is 0.977. The number of unbranched alkanes of at least 4 members (excludes halogenated alkanes) is 29. The summed E-state index contributed by atoms with van der Waals surface area (Å²) in [4.78, 5) is 22.8. The Kier molecular flexibility index (Phi) is 38.0. The van der Waals surface area contributed by atoms with E-state index >= 15 is 0 Å². The van der Waals surface area contributed by atoms with Crippen LogP contribution in [0.15, 0.2) is 0 Å². The van der Waals surface area contributed by atoms with Gasteiger partial charge in [0.05, 0.1) is 34.4 Å². The Hall–Kier alpha value is -0.500. The zero-order chi connectivity index (χ0) is 39.1. The number of quaternary nitrogens is 1. The number of rotatable bonds is 43. The molecule has 9 heteroatoms. The number of phosphoric acid groups is 1. The Balaban J connectivity index is 4.05. The third-order valence-corrected chi connectivity index (χ3v) is 11.2. The number of phosphoric ester groups is 1. The third kappa shape index (κ3) is 42.5. The smallest absolute Gasteiger partial charge is 0.457 e. The first-order valence-electron chi connectivity index (χ1n) is 22.8. The molecule has 2 unspecified atom stereocenters. The van der Waals surface area contributed by atoms with Crippen LogP contribution < -0.4 is 0 Å². The maximum atomic E-state index is 12.6. The van der Waals surface area contributed by atoms with Gasteiger partial charge in [0, 0.05) is 13.0 Å². The van der Waals surface area contributed by atoms with Crippen LogP contribution in [0.3, 0.4) is 0 Å². The van der Waals surface area contributed by atoms with E-state index in [0.717, 1.165) is 32.1 Å². The topological polar surface area (TPSA) is 91.3 Å². The van der Waals surface area contributed by atoms with Gasteiger partial charge in [0.1, 0.15) is 19.3 Å². The van der Waals surface area contributed by atoms with E-state index in [1.54, 1.807) is 0 Å². The van der Waals surface area contributed by atoms with Gasteiger partial charge in [-0.15, -0.1) is 0 Å². The number of carbonyl (C=O) groups excluding carboxylic acids is 1. The Labute approximate surface area is 329 Å². The first kappa shape index (κ1) is 52.5. The second-order valence-corrected chi connectivity index (χ2v) is 18.3. The van der Waals surface area contributed by atoms with Crippen molar-refractivity contribution in [1.82, 2.24) is 0 Å². The standard InChI is InChI=1S/C44H90NO7P/c1-6-8-10-12-14-16-18-19-20-21-22-23-24-25-26-27-28-30-32-34-36-39-49-41-43(42-51-53(47,48)50-40-38-45(3,4)5)52-44(46)37-35-33-31-29-17-15-13-11-9-7-2/h43H,6-42H2,1-5H3/p+1. The van der Waals surface area contributed by atoms with Gasteiger partial charge in [-0.2, -0.15) is 0 Å². The number of hydrogen-bond acceptors (Lipinski definition) is 6. The quantitative estimate of drug-likeness (QED) is 0.0285.